The molecule has 2 heterocycles. The summed E-state index contributed by atoms with van der Waals surface area (Å²) in [5.74, 6) is 0.489. The Morgan fingerprint density at radius 2 is 2.08 bits per heavy atom. The number of carbonyl (C=O) groups is 1. The van der Waals surface area contributed by atoms with Crippen LogP contribution >= 0.6 is 0 Å². The van der Waals surface area contributed by atoms with E-state index in [2.05, 4.69) is 10.2 Å². The summed E-state index contributed by atoms with van der Waals surface area (Å²) in [6, 6.07) is 12.2. The molecule has 1 amide bonds. The Hall–Kier alpha value is -2.89. The van der Waals surface area contributed by atoms with Crippen LogP contribution in [0.5, 0.6) is 0 Å². The van der Waals surface area contributed by atoms with Gasteiger partial charge >= 0.3 is 0 Å². The van der Waals surface area contributed by atoms with Gasteiger partial charge in [-0.3, -0.25) is 9.59 Å². The first-order valence-electron chi connectivity index (χ1n) is 7.95. The van der Waals surface area contributed by atoms with E-state index in [9.17, 15) is 9.59 Å². The molecule has 1 aromatic carbocycles. The Kier molecular flexibility index (Phi) is 4.46. The van der Waals surface area contributed by atoms with Gasteiger partial charge in [0.15, 0.2) is 0 Å². The third-order valence-electron chi connectivity index (χ3n) is 3.95. The minimum Gasteiger partial charge on any atom is -0.459 e. The average molecular weight is 325 g/mol. The smallest absolute Gasteiger partial charge is 0.274 e. The van der Waals surface area contributed by atoms with Gasteiger partial charge in [0.2, 0.25) is 0 Å². The van der Waals surface area contributed by atoms with Crippen LogP contribution in [0.1, 0.15) is 42.6 Å². The lowest BCUT2D eigenvalue weighted by molar-refractivity contribution is 0.0665. The summed E-state index contributed by atoms with van der Waals surface area (Å²) in [6.07, 6.45) is 0.805. The third kappa shape index (κ3) is 3.08. The molecular formula is C18H19N3O3. The maximum absolute atomic E-state index is 12.8. The molecule has 0 fully saturated rings. The molecule has 0 aliphatic carbocycles. The van der Waals surface area contributed by atoms with Gasteiger partial charge in [0.05, 0.1) is 6.04 Å². The molecular weight excluding hydrogens is 306 g/mol. The quantitative estimate of drug-likeness (QED) is 0.781. The third-order valence-corrected chi connectivity index (χ3v) is 3.95. The fourth-order valence-electron chi connectivity index (χ4n) is 2.68. The highest BCUT2D eigenvalue weighted by Gasteiger charge is 2.25. The van der Waals surface area contributed by atoms with Crippen LogP contribution in [0.25, 0.3) is 11.0 Å². The first-order valence-corrected chi connectivity index (χ1v) is 7.95. The van der Waals surface area contributed by atoms with E-state index in [1.54, 1.807) is 4.90 Å². The maximum Gasteiger partial charge on any atom is 0.274 e. The van der Waals surface area contributed by atoms with Crippen LogP contribution in [0.15, 0.2) is 51.7 Å². The van der Waals surface area contributed by atoms with Gasteiger partial charge in [-0.25, -0.2) is 5.10 Å². The van der Waals surface area contributed by atoms with Crippen molar-refractivity contribution < 1.29 is 9.21 Å². The summed E-state index contributed by atoms with van der Waals surface area (Å²) >= 11 is 0. The standard InChI is InChI=1S/C18H19N3O3/c1-3-10-21(18(23)14-8-9-17(22)20-19-14)12(2)16-11-13-6-4-5-7-15(13)24-16/h4-9,11-12H,3,10H2,1-2H3,(H,20,22)/t12-/m1/s1. The highest BCUT2D eigenvalue weighted by Crippen LogP contribution is 2.28. The molecule has 1 N–H and O–H groups in total. The zero-order valence-electron chi connectivity index (χ0n) is 13.7. The van der Waals surface area contributed by atoms with Gasteiger partial charge in [0.1, 0.15) is 17.0 Å². The molecule has 0 radical (unpaired) electrons. The Balaban J connectivity index is 1.92. The molecule has 3 aromatic rings. The summed E-state index contributed by atoms with van der Waals surface area (Å²) in [5.41, 5.74) is 0.676. The number of fused-ring (bicyclic) bond motifs is 1. The normalized spacial score (nSPS) is 12.2. The molecule has 0 saturated carbocycles. The van der Waals surface area contributed by atoms with Crippen molar-refractivity contribution >= 4 is 16.9 Å². The van der Waals surface area contributed by atoms with Crippen molar-refractivity contribution in [2.24, 2.45) is 0 Å². The number of aromatic amines is 1. The molecule has 0 bridgehead atoms. The maximum atomic E-state index is 12.8. The number of aromatic nitrogens is 2. The van der Waals surface area contributed by atoms with Crippen molar-refractivity contribution in [2.75, 3.05) is 6.54 Å². The van der Waals surface area contributed by atoms with Crippen LogP contribution in [-0.2, 0) is 0 Å². The summed E-state index contributed by atoms with van der Waals surface area (Å²) in [7, 11) is 0. The molecule has 3 rings (SSSR count). The molecule has 6 heteroatoms. The van der Waals surface area contributed by atoms with Crippen molar-refractivity contribution in [3.05, 3.63) is 64.3 Å². The van der Waals surface area contributed by atoms with Gasteiger partial charge in [0.25, 0.3) is 11.5 Å². The zero-order chi connectivity index (χ0) is 17.1. The Labute approximate surface area is 139 Å². The van der Waals surface area contributed by atoms with E-state index in [-0.39, 0.29) is 23.2 Å². The average Bonchev–Trinajstić information content (AvgIpc) is 3.03. The predicted molar refractivity (Wildman–Crippen MR) is 90.8 cm³/mol. The van der Waals surface area contributed by atoms with Crippen LogP contribution in [0, 0.1) is 0 Å². The molecule has 0 spiro atoms. The number of rotatable bonds is 5. The van der Waals surface area contributed by atoms with Gasteiger partial charge in [0, 0.05) is 18.0 Å². The number of benzene rings is 1. The van der Waals surface area contributed by atoms with Crippen molar-refractivity contribution in [3.8, 4) is 0 Å². The molecule has 2 aromatic heterocycles. The number of carbonyl (C=O) groups excluding carboxylic acids is 1. The van der Waals surface area contributed by atoms with Crippen molar-refractivity contribution in [1.29, 1.82) is 0 Å². The monoisotopic (exact) mass is 325 g/mol. The van der Waals surface area contributed by atoms with Crippen LogP contribution in [0.4, 0.5) is 0 Å². The lowest BCUT2D eigenvalue weighted by Gasteiger charge is -2.27. The molecule has 124 valence electrons. The minimum absolute atomic E-state index is 0.214. The van der Waals surface area contributed by atoms with Gasteiger partial charge in [-0.1, -0.05) is 25.1 Å². The SMILES string of the molecule is CCCN(C(=O)c1ccc(=O)[nH]n1)[C@H](C)c1cc2ccccc2o1. The van der Waals surface area contributed by atoms with Gasteiger partial charge < -0.3 is 9.32 Å². The number of H-pyrrole nitrogens is 1. The van der Waals surface area contributed by atoms with Gasteiger partial charge in [-0.05, 0) is 31.5 Å². The molecule has 0 aliphatic rings. The molecule has 24 heavy (non-hydrogen) atoms. The van der Waals surface area contributed by atoms with E-state index in [0.29, 0.717) is 6.54 Å². The zero-order valence-corrected chi connectivity index (χ0v) is 13.7. The Bertz CT molecular complexity index is 860. The lowest BCUT2D eigenvalue weighted by atomic mass is 10.1. The first-order chi connectivity index (χ1) is 11.6. The fourth-order valence-corrected chi connectivity index (χ4v) is 2.68. The topological polar surface area (TPSA) is 79.2 Å². The number of hydrogen-bond donors (Lipinski definition) is 1. The van der Waals surface area contributed by atoms with Crippen molar-refractivity contribution in [2.45, 2.75) is 26.3 Å². The molecule has 0 unspecified atom stereocenters. The van der Waals surface area contributed by atoms with E-state index in [1.807, 2.05) is 44.2 Å². The molecule has 0 aliphatic heterocycles. The highest BCUT2D eigenvalue weighted by molar-refractivity contribution is 5.92. The second-order valence-corrected chi connectivity index (χ2v) is 5.67. The van der Waals surface area contributed by atoms with E-state index in [0.717, 1.165) is 23.2 Å². The van der Waals surface area contributed by atoms with Crippen LogP contribution < -0.4 is 5.56 Å². The number of nitrogens with one attached hydrogen (secondary N) is 1. The number of furan rings is 1. The largest absolute Gasteiger partial charge is 0.459 e. The van der Waals surface area contributed by atoms with Crippen molar-refractivity contribution in [3.63, 3.8) is 0 Å². The summed E-state index contributed by atoms with van der Waals surface area (Å²) < 4.78 is 5.89. The second-order valence-electron chi connectivity index (χ2n) is 5.67. The second kappa shape index (κ2) is 6.70. The van der Waals surface area contributed by atoms with E-state index in [4.69, 9.17) is 4.42 Å². The number of nitrogens with zero attached hydrogens (tertiary/aromatic N) is 2. The van der Waals surface area contributed by atoms with Gasteiger partial charge in [-0.2, -0.15) is 5.10 Å². The Morgan fingerprint density at radius 1 is 1.29 bits per heavy atom. The highest BCUT2D eigenvalue weighted by atomic mass is 16.3. The van der Waals surface area contributed by atoms with Crippen molar-refractivity contribution in [1.82, 2.24) is 15.1 Å². The van der Waals surface area contributed by atoms with Gasteiger partial charge in [-0.15, -0.1) is 0 Å². The summed E-state index contributed by atoms with van der Waals surface area (Å²) in [4.78, 5) is 25.6. The number of hydrogen-bond acceptors (Lipinski definition) is 4. The summed E-state index contributed by atoms with van der Waals surface area (Å²) in [5, 5.41) is 7.15. The molecule has 0 saturated heterocycles. The van der Waals surface area contributed by atoms with Crippen LogP contribution in [0.2, 0.25) is 0 Å². The first kappa shape index (κ1) is 16.0. The van der Waals surface area contributed by atoms with E-state index >= 15 is 0 Å². The fraction of sp³-hybridized carbons (Fsp3) is 0.278. The van der Waals surface area contributed by atoms with E-state index < -0.39 is 0 Å². The lowest BCUT2D eigenvalue weighted by Crippen LogP contribution is -2.35. The number of amides is 1. The molecule has 6 nitrogen and oxygen atoms in total. The van der Waals surface area contributed by atoms with E-state index in [1.165, 1.54) is 12.1 Å². The number of para-hydroxylation sites is 1. The van der Waals surface area contributed by atoms with Crippen LogP contribution in [-0.4, -0.2) is 27.5 Å². The minimum atomic E-state index is -0.334. The Morgan fingerprint density at radius 3 is 2.75 bits per heavy atom. The predicted octanol–water partition coefficient (Wildman–Crippen LogP) is 3.13. The van der Waals surface area contributed by atoms with Crippen LogP contribution in [0.3, 0.4) is 0 Å². The molecule has 1 atom stereocenters. The summed E-state index contributed by atoms with van der Waals surface area (Å²) in [6.45, 7) is 4.50.